The maximum Gasteiger partial charge on any atom is 0.407 e. The fourth-order valence-corrected chi connectivity index (χ4v) is 6.49. The quantitative estimate of drug-likeness (QED) is 0.0754. The standard InChI is InChI=1S/C40H34ClN2O4S/c1-25(44)42-22-26-10-12-27(13-11-26)38(29-18-20-31(41)21-19-29)28-14-16-30(17-15-28)39(45)37(24-48)43-40(46)47-23-36-34-8-4-2-6-32(34)33-7-3-5-9-35(33)36/h2-21,36-37,48H,22-24H2,1H3,(H,42,44)(H,43,46)/t37-/m0/s1. The van der Waals surface area contributed by atoms with Crippen LogP contribution in [0.1, 0.15) is 56.6 Å². The van der Waals surface area contributed by atoms with E-state index in [2.05, 4.69) is 47.5 Å². The zero-order valence-corrected chi connectivity index (χ0v) is 27.9. The smallest absolute Gasteiger partial charge is 0.407 e. The molecule has 2 N–H and O–H groups in total. The second kappa shape index (κ2) is 14.9. The lowest BCUT2D eigenvalue weighted by Gasteiger charge is -2.20. The minimum atomic E-state index is -0.870. The zero-order valence-electron chi connectivity index (χ0n) is 26.3. The molecule has 0 aliphatic heterocycles. The molecule has 1 atom stereocenters. The van der Waals surface area contributed by atoms with Gasteiger partial charge in [-0.1, -0.05) is 121 Å². The molecule has 0 bridgehead atoms. The maximum absolute atomic E-state index is 13.5. The van der Waals surface area contributed by atoms with Crippen molar-refractivity contribution in [1.82, 2.24) is 10.6 Å². The number of alkyl carbamates (subject to hydrolysis) is 1. The minimum Gasteiger partial charge on any atom is -0.449 e. The van der Waals surface area contributed by atoms with Crippen LogP contribution < -0.4 is 10.6 Å². The highest BCUT2D eigenvalue weighted by Gasteiger charge is 2.30. The second-order valence-electron chi connectivity index (χ2n) is 11.6. The molecule has 1 radical (unpaired) electrons. The Morgan fingerprint density at radius 3 is 1.77 bits per heavy atom. The van der Waals surface area contributed by atoms with Gasteiger partial charge in [0.1, 0.15) is 12.6 Å². The molecule has 2 amide bonds. The van der Waals surface area contributed by atoms with Crippen molar-refractivity contribution in [3.63, 3.8) is 0 Å². The number of carbonyl (C=O) groups excluding carboxylic acids is 3. The maximum atomic E-state index is 13.5. The van der Waals surface area contributed by atoms with Crippen LogP contribution in [0, 0.1) is 5.92 Å². The number of halogens is 1. The van der Waals surface area contributed by atoms with E-state index in [9.17, 15) is 14.4 Å². The van der Waals surface area contributed by atoms with Crippen LogP contribution in [0.3, 0.4) is 0 Å². The summed E-state index contributed by atoms with van der Waals surface area (Å²) in [6.07, 6.45) is -0.666. The second-order valence-corrected chi connectivity index (χ2v) is 12.4. The lowest BCUT2D eigenvalue weighted by Crippen LogP contribution is -2.42. The van der Waals surface area contributed by atoms with E-state index in [-0.39, 0.29) is 30.0 Å². The number of benzene rings is 5. The Bertz CT molecular complexity index is 1880. The van der Waals surface area contributed by atoms with Crippen molar-refractivity contribution in [3.8, 4) is 11.1 Å². The molecule has 0 fully saturated rings. The molecule has 6 rings (SSSR count). The van der Waals surface area contributed by atoms with Gasteiger partial charge in [0.15, 0.2) is 5.78 Å². The summed E-state index contributed by atoms with van der Waals surface area (Å²) in [4.78, 5) is 37.8. The fourth-order valence-electron chi connectivity index (χ4n) is 6.11. The molecule has 0 saturated carbocycles. The monoisotopic (exact) mass is 673 g/mol. The molecule has 0 saturated heterocycles. The van der Waals surface area contributed by atoms with Gasteiger partial charge in [-0.25, -0.2) is 4.79 Å². The number of ketones is 1. The van der Waals surface area contributed by atoms with E-state index in [0.29, 0.717) is 17.1 Å². The van der Waals surface area contributed by atoms with E-state index in [1.54, 1.807) is 12.1 Å². The van der Waals surface area contributed by atoms with Crippen LogP contribution in [0.25, 0.3) is 11.1 Å². The predicted molar refractivity (Wildman–Crippen MR) is 193 cm³/mol. The van der Waals surface area contributed by atoms with Gasteiger partial charge < -0.3 is 15.4 Å². The number of rotatable bonds is 11. The van der Waals surface area contributed by atoms with Crippen LogP contribution in [0.5, 0.6) is 0 Å². The number of ether oxygens (including phenoxy) is 1. The topological polar surface area (TPSA) is 84.5 Å². The molecule has 1 aliphatic rings. The molecule has 48 heavy (non-hydrogen) atoms. The van der Waals surface area contributed by atoms with Gasteiger partial charge in [0.25, 0.3) is 0 Å². The summed E-state index contributed by atoms with van der Waals surface area (Å²) in [7, 11) is 0. The number of hydrogen-bond acceptors (Lipinski definition) is 5. The number of thiol groups is 1. The van der Waals surface area contributed by atoms with Crippen LogP contribution >= 0.6 is 24.2 Å². The van der Waals surface area contributed by atoms with Gasteiger partial charge in [0.2, 0.25) is 5.91 Å². The van der Waals surface area contributed by atoms with Crippen molar-refractivity contribution in [3.05, 3.63) is 171 Å². The van der Waals surface area contributed by atoms with Crippen LogP contribution in [-0.2, 0) is 16.1 Å². The fraction of sp³-hybridized carbons (Fsp3) is 0.150. The first-order valence-electron chi connectivity index (χ1n) is 15.7. The predicted octanol–water partition coefficient (Wildman–Crippen LogP) is 8.02. The highest BCUT2D eigenvalue weighted by atomic mass is 35.5. The van der Waals surface area contributed by atoms with Crippen molar-refractivity contribution >= 4 is 42.0 Å². The summed E-state index contributed by atoms with van der Waals surface area (Å²) >= 11 is 10.6. The molecule has 0 heterocycles. The normalized spacial score (nSPS) is 12.6. The summed E-state index contributed by atoms with van der Waals surface area (Å²) in [5, 5.41) is 6.17. The average molecular weight is 674 g/mol. The first-order chi connectivity index (χ1) is 23.3. The van der Waals surface area contributed by atoms with Gasteiger partial charge in [-0.2, -0.15) is 12.6 Å². The Balaban J connectivity index is 1.15. The van der Waals surface area contributed by atoms with E-state index in [1.165, 1.54) is 6.92 Å². The van der Waals surface area contributed by atoms with Gasteiger partial charge in [-0.3, -0.25) is 9.59 Å². The third-order valence-corrected chi connectivity index (χ3v) is 9.13. The van der Waals surface area contributed by atoms with Crippen LogP contribution in [0.15, 0.2) is 121 Å². The molecule has 1 aliphatic carbocycles. The molecule has 0 aromatic heterocycles. The Morgan fingerprint density at radius 1 is 0.729 bits per heavy atom. The van der Waals surface area contributed by atoms with Crippen molar-refractivity contribution in [2.75, 3.05) is 12.4 Å². The van der Waals surface area contributed by atoms with E-state index < -0.39 is 12.1 Å². The summed E-state index contributed by atoms with van der Waals surface area (Å²) in [5.41, 5.74) is 8.76. The van der Waals surface area contributed by atoms with E-state index in [0.717, 1.165) is 50.4 Å². The molecule has 5 aromatic rings. The Hall–Kier alpha value is -4.85. The van der Waals surface area contributed by atoms with E-state index >= 15 is 0 Å². The zero-order chi connectivity index (χ0) is 33.6. The van der Waals surface area contributed by atoms with Gasteiger partial charge in [-0.15, -0.1) is 0 Å². The number of hydrogen-bond donors (Lipinski definition) is 3. The molecule has 0 unspecified atom stereocenters. The van der Waals surface area contributed by atoms with Crippen molar-refractivity contribution in [2.45, 2.75) is 25.4 Å². The number of fused-ring (bicyclic) bond motifs is 3. The third kappa shape index (κ3) is 7.33. The summed E-state index contributed by atoms with van der Waals surface area (Å²) < 4.78 is 5.68. The first kappa shape index (κ1) is 33.1. The van der Waals surface area contributed by atoms with Gasteiger partial charge in [-0.05, 0) is 56.6 Å². The Morgan fingerprint density at radius 2 is 1.23 bits per heavy atom. The van der Waals surface area contributed by atoms with Crippen LogP contribution in [0.4, 0.5) is 4.79 Å². The first-order valence-corrected chi connectivity index (χ1v) is 16.7. The van der Waals surface area contributed by atoms with Gasteiger partial charge in [0.05, 0.1) is 5.92 Å². The number of carbonyl (C=O) groups is 3. The van der Waals surface area contributed by atoms with Crippen molar-refractivity contribution < 1.29 is 19.1 Å². The average Bonchev–Trinajstić information content (AvgIpc) is 3.43. The SMILES string of the molecule is CC(=O)NCc1ccc([C](c2ccc(Cl)cc2)c2ccc(C(=O)[C@H](CS)NC(=O)OCC3c4ccccc4-c4ccccc43)cc2)cc1. The van der Waals surface area contributed by atoms with E-state index in [4.69, 9.17) is 16.3 Å². The third-order valence-electron chi connectivity index (χ3n) is 8.51. The molecule has 241 valence electrons. The number of Topliss-reactive ketones (excluding diaryl/α,β-unsaturated/α-hetero) is 1. The molecular formula is C40H34ClN2O4S. The molecule has 5 aromatic carbocycles. The van der Waals surface area contributed by atoms with Gasteiger partial charge in [0, 0.05) is 35.7 Å². The van der Waals surface area contributed by atoms with Crippen molar-refractivity contribution in [1.29, 1.82) is 0 Å². The van der Waals surface area contributed by atoms with Crippen molar-refractivity contribution in [2.24, 2.45) is 0 Å². The molecule has 6 nitrogen and oxygen atoms in total. The van der Waals surface area contributed by atoms with Crippen LogP contribution in [0.2, 0.25) is 5.02 Å². The largest absolute Gasteiger partial charge is 0.449 e. The minimum absolute atomic E-state index is 0.0830. The van der Waals surface area contributed by atoms with E-state index in [1.807, 2.05) is 84.9 Å². The van der Waals surface area contributed by atoms with Crippen LogP contribution in [-0.4, -0.2) is 36.2 Å². The van der Waals surface area contributed by atoms with Gasteiger partial charge >= 0.3 is 6.09 Å². The molecular weight excluding hydrogens is 640 g/mol. The molecule has 0 spiro atoms. The Labute approximate surface area is 290 Å². The lowest BCUT2D eigenvalue weighted by molar-refractivity contribution is -0.119. The molecule has 8 heteroatoms. The highest BCUT2D eigenvalue weighted by Crippen LogP contribution is 2.44. The summed E-state index contributed by atoms with van der Waals surface area (Å²) in [5.74, 6) is 0.633. The number of amides is 2. The summed E-state index contributed by atoms with van der Waals surface area (Å²) in [6, 6.07) is 38.3. The number of nitrogens with one attached hydrogen (secondary N) is 2. The Kier molecular flexibility index (Phi) is 10.3. The lowest BCUT2D eigenvalue weighted by atomic mass is 9.84. The summed E-state index contributed by atoms with van der Waals surface area (Å²) in [6.45, 7) is 2.09. The highest BCUT2D eigenvalue weighted by molar-refractivity contribution is 7.80.